The van der Waals surface area contributed by atoms with Crippen LogP contribution in [0.15, 0.2) is 42.5 Å². The number of rotatable bonds is 4. The Morgan fingerprint density at radius 2 is 1.95 bits per heavy atom. The largest absolute Gasteiger partial charge is 0.341 e. The van der Waals surface area contributed by atoms with Crippen LogP contribution in [-0.2, 0) is 11.3 Å². The molecule has 0 aromatic heterocycles. The number of hydrogen-bond donors (Lipinski definition) is 0. The van der Waals surface area contributed by atoms with Gasteiger partial charge in [-0.15, -0.1) is 0 Å². The van der Waals surface area contributed by atoms with Crippen LogP contribution in [0.1, 0.15) is 18.4 Å². The van der Waals surface area contributed by atoms with Gasteiger partial charge >= 0.3 is 0 Å². The van der Waals surface area contributed by atoms with Crippen LogP contribution in [0.3, 0.4) is 0 Å². The molecule has 0 fully saturated rings. The topological polar surface area (TPSA) is 44.1 Å². The van der Waals surface area contributed by atoms with Crippen molar-refractivity contribution in [2.45, 2.75) is 19.4 Å². The van der Waals surface area contributed by atoms with Gasteiger partial charge in [-0.3, -0.25) is 4.79 Å². The summed E-state index contributed by atoms with van der Waals surface area (Å²) >= 11 is 0. The van der Waals surface area contributed by atoms with Crippen LogP contribution < -0.4 is 0 Å². The molecule has 0 bridgehead atoms. The molecule has 3 nitrogen and oxygen atoms in total. The van der Waals surface area contributed by atoms with Crippen molar-refractivity contribution in [3.05, 3.63) is 48.0 Å². The van der Waals surface area contributed by atoms with E-state index in [1.807, 2.05) is 30.3 Å². The fourth-order valence-electron chi connectivity index (χ4n) is 2.13. The van der Waals surface area contributed by atoms with Crippen molar-refractivity contribution in [2.24, 2.45) is 0 Å². The van der Waals surface area contributed by atoms with Gasteiger partial charge in [-0.2, -0.15) is 5.26 Å². The summed E-state index contributed by atoms with van der Waals surface area (Å²) in [6.45, 7) is 0.575. The lowest BCUT2D eigenvalue weighted by Gasteiger charge is -2.18. The van der Waals surface area contributed by atoms with Crippen LogP contribution in [-0.4, -0.2) is 17.9 Å². The van der Waals surface area contributed by atoms with Crippen molar-refractivity contribution in [3.63, 3.8) is 0 Å². The molecule has 96 valence electrons. The SMILES string of the molecule is CN(Cc1cccc2ccccc12)C(=O)CCC#N. The van der Waals surface area contributed by atoms with E-state index in [-0.39, 0.29) is 18.7 Å². The number of carbonyl (C=O) groups is 1. The zero-order valence-electron chi connectivity index (χ0n) is 11.0. The van der Waals surface area contributed by atoms with Crippen molar-refractivity contribution in [2.75, 3.05) is 7.05 Å². The highest BCUT2D eigenvalue weighted by Gasteiger charge is 2.10. The number of benzene rings is 2. The standard InChI is InChI=1S/C16H16N2O/c1-18(16(19)10-5-11-17)12-14-8-4-7-13-6-2-3-9-15(13)14/h2-4,6-9H,5,10,12H2,1H3. The molecule has 0 unspecified atom stereocenters. The molecule has 2 rings (SSSR count). The van der Waals surface area contributed by atoms with Crippen molar-refractivity contribution < 1.29 is 4.79 Å². The van der Waals surface area contributed by atoms with Gasteiger partial charge in [0.05, 0.1) is 6.07 Å². The molecule has 0 spiro atoms. The van der Waals surface area contributed by atoms with Crippen LogP contribution in [0.2, 0.25) is 0 Å². The second-order valence-electron chi connectivity index (χ2n) is 4.55. The van der Waals surface area contributed by atoms with E-state index in [1.165, 1.54) is 10.8 Å². The first-order valence-corrected chi connectivity index (χ1v) is 6.30. The average molecular weight is 252 g/mol. The van der Waals surface area contributed by atoms with Crippen LogP contribution >= 0.6 is 0 Å². The van der Waals surface area contributed by atoms with Gasteiger partial charge < -0.3 is 4.90 Å². The number of nitriles is 1. The van der Waals surface area contributed by atoms with Gasteiger partial charge in [0.2, 0.25) is 5.91 Å². The van der Waals surface area contributed by atoms with E-state index in [0.29, 0.717) is 6.54 Å². The summed E-state index contributed by atoms with van der Waals surface area (Å²) in [6.07, 6.45) is 0.566. The van der Waals surface area contributed by atoms with Crippen LogP contribution in [0.5, 0.6) is 0 Å². The maximum atomic E-state index is 11.8. The third-order valence-electron chi connectivity index (χ3n) is 3.16. The number of hydrogen-bond acceptors (Lipinski definition) is 2. The third-order valence-corrected chi connectivity index (χ3v) is 3.16. The molecule has 0 saturated carbocycles. The van der Waals surface area contributed by atoms with Gasteiger partial charge in [0.15, 0.2) is 0 Å². The summed E-state index contributed by atoms with van der Waals surface area (Å²) in [5.41, 5.74) is 1.13. The summed E-state index contributed by atoms with van der Waals surface area (Å²) in [5, 5.41) is 10.9. The molecule has 0 aliphatic rings. The minimum absolute atomic E-state index is 0.00878. The number of fused-ring (bicyclic) bond motifs is 1. The third kappa shape index (κ3) is 3.11. The second kappa shape index (κ2) is 6.01. The summed E-state index contributed by atoms with van der Waals surface area (Å²) < 4.78 is 0. The molecule has 0 aliphatic heterocycles. The van der Waals surface area contributed by atoms with Crippen LogP contribution in [0, 0.1) is 11.3 Å². The first kappa shape index (κ1) is 13.1. The predicted molar refractivity (Wildman–Crippen MR) is 75.3 cm³/mol. The lowest BCUT2D eigenvalue weighted by Crippen LogP contribution is -2.25. The zero-order valence-corrected chi connectivity index (χ0v) is 11.0. The van der Waals surface area contributed by atoms with Gasteiger partial charge in [0, 0.05) is 26.4 Å². The molecule has 0 aliphatic carbocycles. The number of carbonyl (C=O) groups excluding carboxylic acids is 1. The van der Waals surface area contributed by atoms with Gasteiger partial charge in [0.25, 0.3) is 0 Å². The molecule has 3 heteroatoms. The smallest absolute Gasteiger partial charge is 0.223 e. The first-order valence-electron chi connectivity index (χ1n) is 6.30. The quantitative estimate of drug-likeness (QED) is 0.839. The minimum Gasteiger partial charge on any atom is -0.341 e. The Kier molecular flexibility index (Phi) is 4.15. The second-order valence-corrected chi connectivity index (χ2v) is 4.55. The highest BCUT2D eigenvalue weighted by Crippen LogP contribution is 2.19. The molecule has 0 radical (unpaired) electrons. The van der Waals surface area contributed by atoms with E-state index in [4.69, 9.17) is 5.26 Å². The zero-order chi connectivity index (χ0) is 13.7. The monoisotopic (exact) mass is 252 g/mol. The van der Waals surface area contributed by atoms with Crippen molar-refractivity contribution >= 4 is 16.7 Å². The Balaban J connectivity index is 2.17. The lowest BCUT2D eigenvalue weighted by atomic mass is 10.0. The summed E-state index contributed by atoms with van der Waals surface area (Å²) in [5.74, 6) is 0.00878. The molecule has 19 heavy (non-hydrogen) atoms. The molecule has 0 atom stereocenters. The maximum Gasteiger partial charge on any atom is 0.223 e. The Hall–Kier alpha value is -2.34. The van der Waals surface area contributed by atoms with E-state index >= 15 is 0 Å². The van der Waals surface area contributed by atoms with E-state index in [2.05, 4.69) is 18.2 Å². The summed E-state index contributed by atoms with van der Waals surface area (Å²) in [7, 11) is 1.78. The minimum atomic E-state index is 0.00878. The average Bonchev–Trinajstić information content (AvgIpc) is 2.45. The fourth-order valence-corrected chi connectivity index (χ4v) is 2.13. The van der Waals surface area contributed by atoms with E-state index < -0.39 is 0 Å². The van der Waals surface area contributed by atoms with E-state index in [1.54, 1.807) is 11.9 Å². The molecular formula is C16H16N2O. The fraction of sp³-hybridized carbons (Fsp3) is 0.250. The maximum absolute atomic E-state index is 11.8. The number of amides is 1. The highest BCUT2D eigenvalue weighted by molar-refractivity contribution is 5.86. The van der Waals surface area contributed by atoms with E-state index in [0.717, 1.165) is 5.56 Å². The van der Waals surface area contributed by atoms with Crippen molar-refractivity contribution in [3.8, 4) is 6.07 Å². The van der Waals surface area contributed by atoms with Gasteiger partial charge in [0.1, 0.15) is 0 Å². The lowest BCUT2D eigenvalue weighted by molar-refractivity contribution is -0.130. The summed E-state index contributed by atoms with van der Waals surface area (Å²) in [4.78, 5) is 13.5. The molecule has 1 amide bonds. The van der Waals surface area contributed by atoms with Crippen molar-refractivity contribution in [1.29, 1.82) is 5.26 Å². The summed E-state index contributed by atoms with van der Waals surface area (Å²) in [6, 6.07) is 16.3. The normalized spacial score (nSPS) is 10.1. The van der Waals surface area contributed by atoms with Gasteiger partial charge in [-0.05, 0) is 16.3 Å². The van der Waals surface area contributed by atoms with Gasteiger partial charge in [-0.25, -0.2) is 0 Å². The van der Waals surface area contributed by atoms with Crippen LogP contribution in [0.4, 0.5) is 0 Å². The molecule has 2 aromatic rings. The molecule has 0 N–H and O–H groups in total. The molecule has 2 aromatic carbocycles. The Bertz CT molecular complexity index is 623. The van der Waals surface area contributed by atoms with Gasteiger partial charge in [-0.1, -0.05) is 42.5 Å². The Morgan fingerprint density at radius 1 is 1.21 bits per heavy atom. The highest BCUT2D eigenvalue weighted by atomic mass is 16.2. The van der Waals surface area contributed by atoms with Crippen molar-refractivity contribution in [1.82, 2.24) is 4.90 Å². The molecular weight excluding hydrogens is 236 g/mol. The van der Waals surface area contributed by atoms with E-state index in [9.17, 15) is 4.79 Å². The predicted octanol–water partition coefficient (Wildman–Crippen LogP) is 3.10. The molecule has 0 saturated heterocycles. The first-order chi connectivity index (χ1) is 9.22. The Labute approximate surface area is 113 Å². The van der Waals surface area contributed by atoms with Crippen LogP contribution in [0.25, 0.3) is 10.8 Å². The molecule has 0 heterocycles. The Morgan fingerprint density at radius 3 is 2.74 bits per heavy atom. The number of nitrogens with zero attached hydrogens (tertiary/aromatic N) is 2.